The predicted molar refractivity (Wildman–Crippen MR) is 132 cm³/mol. The lowest BCUT2D eigenvalue weighted by Crippen LogP contribution is -2.45. The number of anilines is 2. The average molecular weight is 453 g/mol. The van der Waals surface area contributed by atoms with Crippen LogP contribution in [0.1, 0.15) is 58.9 Å². The highest BCUT2D eigenvalue weighted by atomic mass is 16.3. The van der Waals surface area contributed by atoms with Crippen LogP contribution in [0, 0.1) is 5.92 Å². The molecule has 0 radical (unpaired) electrons. The number of allylic oxidation sites excluding steroid dienone is 3. The van der Waals surface area contributed by atoms with Crippen molar-refractivity contribution in [2.75, 3.05) is 29.5 Å². The molecule has 33 heavy (non-hydrogen) atoms. The zero-order valence-corrected chi connectivity index (χ0v) is 20.2. The van der Waals surface area contributed by atoms with Crippen LogP contribution in [-0.4, -0.2) is 41.7 Å². The number of carbonyl (C=O) groups is 2. The number of benzene rings is 1. The van der Waals surface area contributed by atoms with Gasteiger partial charge in [-0.2, -0.15) is 0 Å². The average Bonchev–Trinajstić information content (AvgIpc) is 2.98. The quantitative estimate of drug-likeness (QED) is 0.411. The summed E-state index contributed by atoms with van der Waals surface area (Å²) in [6.45, 7) is 9.07. The van der Waals surface area contributed by atoms with Crippen LogP contribution in [0.25, 0.3) is 0 Å². The third kappa shape index (κ3) is 5.12. The Labute approximate surface area is 196 Å². The number of nitrogens with zero attached hydrogens (tertiary/aromatic N) is 2. The highest BCUT2D eigenvalue weighted by Crippen LogP contribution is 2.47. The largest absolute Gasteiger partial charge is 0.396 e. The molecule has 0 bridgehead atoms. The second kappa shape index (κ2) is 10.5. The van der Waals surface area contributed by atoms with Gasteiger partial charge in [-0.25, -0.2) is 0 Å². The fourth-order valence-corrected chi connectivity index (χ4v) is 4.32. The highest BCUT2D eigenvalue weighted by Gasteiger charge is 2.52. The lowest BCUT2D eigenvalue weighted by Gasteiger charge is -2.32. The molecule has 178 valence electrons. The third-order valence-electron chi connectivity index (χ3n) is 6.51. The fourth-order valence-electron chi connectivity index (χ4n) is 4.32. The van der Waals surface area contributed by atoms with Crippen molar-refractivity contribution in [3.63, 3.8) is 0 Å². The number of carbonyl (C=O) groups excluding carboxylic acids is 2. The standard InChI is InChI=1S/C27H36N2O4/c1-19(2)8-7-9-20(3)13-15-29-24-12-11-22(28-16-14-25(28)31)18-23(24)27(33,26(29)32)21(4)10-5-6-17-30/h5,8,10-13,18,21,30,33H,6-7,9,14-17H2,1-4H3/b10-5+,20-13+/t21-,27+/m0/s1. The first-order chi connectivity index (χ1) is 15.7. The van der Waals surface area contributed by atoms with Crippen LogP contribution in [0.5, 0.6) is 0 Å². The van der Waals surface area contributed by atoms with E-state index >= 15 is 0 Å². The van der Waals surface area contributed by atoms with Gasteiger partial charge in [-0.3, -0.25) is 9.59 Å². The molecular formula is C27H36N2O4. The van der Waals surface area contributed by atoms with Gasteiger partial charge in [0.1, 0.15) is 0 Å². The lowest BCUT2D eigenvalue weighted by molar-refractivity contribution is -0.139. The summed E-state index contributed by atoms with van der Waals surface area (Å²) in [4.78, 5) is 28.9. The topological polar surface area (TPSA) is 81.1 Å². The van der Waals surface area contributed by atoms with Crippen molar-refractivity contribution < 1.29 is 19.8 Å². The van der Waals surface area contributed by atoms with Crippen molar-refractivity contribution in [2.24, 2.45) is 5.92 Å². The third-order valence-corrected chi connectivity index (χ3v) is 6.51. The summed E-state index contributed by atoms with van der Waals surface area (Å²) in [5.74, 6) is -0.810. The first kappa shape index (κ1) is 24.9. The summed E-state index contributed by atoms with van der Waals surface area (Å²) in [5, 5.41) is 20.8. The molecule has 1 fully saturated rings. The maximum Gasteiger partial charge on any atom is 0.264 e. The van der Waals surface area contributed by atoms with Gasteiger partial charge >= 0.3 is 0 Å². The minimum absolute atomic E-state index is 0.0103. The van der Waals surface area contributed by atoms with E-state index in [1.54, 1.807) is 34.9 Å². The Bertz CT molecular complexity index is 990. The Hall–Kier alpha value is -2.70. The zero-order chi connectivity index (χ0) is 24.2. The van der Waals surface area contributed by atoms with Crippen LogP contribution in [0.4, 0.5) is 11.4 Å². The Balaban J connectivity index is 1.93. The van der Waals surface area contributed by atoms with Crippen molar-refractivity contribution in [3.8, 4) is 0 Å². The number of aliphatic hydroxyl groups excluding tert-OH is 1. The number of amides is 2. The van der Waals surface area contributed by atoms with Crippen LogP contribution in [0.15, 0.2) is 53.6 Å². The molecule has 2 aliphatic rings. The molecule has 1 aromatic rings. The summed E-state index contributed by atoms with van der Waals surface area (Å²) in [6, 6.07) is 5.47. The van der Waals surface area contributed by atoms with Crippen molar-refractivity contribution in [2.45, 2.75) is 59.0 Å². The number of rotatable bonds is 10. The monoisotopic (exact) mass is 452 g/mol. The molecule has 2 heterocycles. The summed E-state index contributed by atoms with van der Waals surface area (Å²) in [5.41, 5.74) is 2.66. The predicted octanol–water partition coefficient (Wildman–Crippen LogP) is 4.22. The zero-order valence-electron chi connectivity index (χ0n) is 20.2. The molecule has 2 atom stereocenters. The van der Waals surface area contributed by atoms with Crippen LogP contribution in [0.3, 0.4) is 0 Å². The van der Waals surface area contributed by atoms with Crippen molar-refractivity contribution in [1.82, 2.24) is 0 Å². The number of aliphatic hydroxyl groups is 2. The van der Waals surface area contributed by atoms with Crippen LogP contribution in [0.2, 0.25) is 0 Å². The van der Waals surface area contributed by atoms with E-state index in [0.29, 0.717) is 42.9 Å². The maximum absolute atomic E-state index is 13.6. The van der Waals surface area contributed by atoms with Crippen molar-refractivity contribution in [3.05, 3.63) is 59.2 Å². The molecule has 0 spiro atoms. The van der Waals surface area contributed by atoms with E-state index < -0.39 is 11.5 Å². The molecule has 2 N–H and O–H groups in total. The smallest absolute Gasteiger partial charge is 0.264 e. The molecule has 2 amide bonds. The maximum atomic E-state index is 13.6. The van der Waals surface area contributed by atoms with E-state index in [2.05, 4.69) is 26.8 Å². The van der Waals surface area contributed by atoms with Gasteiger partial charge < -0.3 is 20.0 Å². The van der Waals surface area contributed by atoms with E-state index in [-0.39, 0.29) is 18.4 Å². The van der Waals surface area contributed by atoms with Crippen molar-refractivity contribution in [1.29, 1.82) is 0 Å². The molecule has 0 saturated carbocycles. The molecule has 0 aromatic heterocycles. The molecule has 0 unspecified atom stereocenters. The van der Waals surface area contributed by atoms with Crippen LogP contribution >= 0.6 is 0 Å². The van der Waals surface area contributed by atoms with E-state index in [0.717, 1.165) is 12.8 Å². The molecule has 0 aliphatic carbocycles. The molecule has 1 saturated heterocycles. The Morgan fingerprint density at radius 1 is 1.18 bits per heavy atom. The number of β-lactam (4-membered cyclic amide) rings is 1. The van der Waals surface area contributed by atoms with Gasteiger partial charge in [0.2, 0.25) is 5.91 Å². The second-order valence-electron chi connectivity index (χ2n) is 9.28. The summed E-state index contributed by atoms with van der Waals surface area (Å²) < 4.78 is 0. The molecule has 2 aliphatic heterocycles. The Morgan fingerprint density at radius 3 is 2.55 bits per heavy atom. The normalized spacial score (nSPS) is 21.5. The van der Waals surface area contributed by atoms with E-state index in [1.807, 2.05) is 18.2 Å². The van der Waals surface area contributed by atoms with E-state index in [9.17, 15) is 14.7 Å². The first-order valence-corrected chi connectivity index (χ1v) is 11.8. The number of hydrogen-bond donors (Lipinski definition) is 2. The highest BCUT2D eigenvalue weighted by molar-refractivity contribution is 6.08. The van der Waals surface area contributed by atoms with Gasteiger partial charge in [0.05, 0.1) is 5.69 Å². The molecule has 6 nitrogen and oxygen atoms in total. The van der Waals surface area contributed by atoms with Gasteiger partial charge in [-0.05, 0) is 58.2 Å². The Morgan fingerprint density at radius 2 is 1.94 bits per heavy atom. The second-order valence-corrected chi connectivity index (χ2v) is 9.28. The van der Waals surface area contributed by atoms with Crippen LogP contribution < -0.4 is 9.80 Å². The molecule has 1 aromatic carbocycles. The van der Waals surface area contributed by atoms with Gasteiger partial charge in [0, 0.05) is 43.3 Å². The Kier molecular flexibility index (Phi) is 7.92. The summed E-state index contributed by atoms with van der Waals surface area (Å²) in [7, 11) is 0. The van der Waals surface area contributed by atoms with Gasteiger partial charge in [0.25, 0.3) is 5.91 Å². The lowest BCUT2D eigenvalue weighted by atomic mass is 9.82. The minimum atomic E-state index is -1.73. The SMILES string of the molecule is CC(C)=CCC/C(C)=C/CN1C(=O)[C@@](O)([C@@H](C)/C=C/CCO)c2cc(N3CCC3=O)ccc21. The van der Waals surface area contributed by atoms with E-state index in [4.69, 9.17) is 5.11 Å². The minimum Gasteiger partial charge on any atom is -0.396 e. The van der Waals surface area contributed by atoms with E-state index in [1.165, 1.54) is 11.1 Å². The van der Waals surface area contributed by atoms with Gasteiger partial charge in [-0.1, -0.05) is 42.4 Å². The fraction of sp³-hybridized carbons (Fsp3) is 0.481. The first-order valence-electron chi connectivity index (χ1n) is 11.8. The van der Waals surface area contributed by atoms with Gasteiger partial charge in [-0.15, -0.1) is 0 Å². The van der Waals surface area contributed by atoms with Crippen molar-refractivity contribution >= 4 is 23.2 Å². The van der Waals surface area contributed by atoms with Crippen LogP contribution in [-0.2, 0) is 15.2 Å². The molecule has 6 heteroatoms. The number of fused-ring (bicyclic) bond motifs is 1. The molecular weight excluding hydrogens is 416 g/mol. The summed E-state index contributed by atoms with van der Waals surface area (Å²) >= 11 is 0. The summed E-state index contributed by atoms with van der Waals surface area (Å²) in [6.07, 6.45) is 10.7. The number of hydrogen-bond acceptors (Lipinski definition) is 4. The van der Waals surface area contributed by atoms with Gasteiger partial charge in [0.15, 0.2) is 5.60 Å². The molecule has 3 rings (SSSR count).